The van der Waals surface area contributed by atoms with Crippen LogP contribution in [0.1, 0.15) is 34.1 Å². The summed E-state index contributed by atoms with van der Waals surface area (Å²) in [5.74, 6) is -0.528. The quantitative estimate of drug-likeness (QED) is 0.733. The van der Waals surface area contributed by atoms with Gasteiger partial charge < -0.3 is 5.11 Å². The maximum atomic E-state index is 11.4. The molecule has 0 aromatic carbocycles. The third-order valence-corrected chi connectivity index (χ3v) is 4.46. The van der Waals surface area contributed by atoms with Crippen LogP contribution >= 0.6 is 0 Å². The highest BCUT2D eigenvalue weighted by molar-refractivity contribution is 7.91. The number of hydrogen-bond donors (Lipinski definition) is 1. The fourth-order valence-electron chi connectivity index (χ4n) is 1.48. The van der Waals surface area contributed by atoms with Gasteiger partial charge in [-0.2, -0.15) is 0 Å². The summed E-state index contributed by atoms with van der Waals surface area (Å²) in [6, 6.07) is 0. The molecule has 5 heteroatoms. The molecule has 4 nitrogen and oxygen atoms in total. The van der Waals surface area contributed by atoms with Crippen molar-refractivity contribution in [3.05, 3.63) is 11.6 Å². The van der Waals surface area contributed by atoms with Crippen LogP contribution in [-0.2, 0) is 14.6 Å². The third-order valence-electron chi connectivity index (χ3n) is 2.97. The SMILES string of the molecule is CCC(=O)[C@H](C)[C@@H](O)/C(C)=C\[C@H](C)S(C)(=O)=O. The minimum absolute atomic E-state index is 0.0303. The first-order valence-corrected chi connectivity index (χ1v) is 7.64. The number of carbonyl (C=O) groups excluding carboxylic acids is 1. The molecule has 0 saturated heterocycles. The van der Waals surface area contributed by atoms with Crippen LogP contribution < -0.4 is 0 Å². The summed E-state index contributed by atoms with van der Waals surface area (Å²) >= 11 is 0. The zero-order valence-corrected chi connectivity index (χ0v) is 11.9. The van der Waals surface area contributed by atoms with Gasteiger partial charge in [-0.3, -0.25) is 4.79 Å². The summed E-state index contributed by atoms with van der Waals surface area (Å²) in [6.45, 7) is 6.59. The Morgan fingerprint density at radius 1 is 1.35 bits per heavy atom. The third kappa shape index (κ3) is 5.00. The van der Waals surface area contributed by atoms with Gasteiger partial charge in [-0.1, -0.05) is 19.9 Å². The van der Waals surface area contributed by atoms with Crippen molar-refractivity contribution in [1.82, 2.24) is 0 Å². The summed E-state index contributed by atoms with van der Waals surface area (Å²) in [6.07, 6.45) is 2.10. The van der Waals surface area contributed by atoms with Crippen LogP contribution in [0.25, 0.3) is 0 Å². The van der Waals surface area contributed by atoms with E-state index in [-0.39, 0.29) is 5.78 Å². The summed E-state index contributed by atoms with van der Waals surface area (Å²) < 4.78 is 22.5. The molecule has 100 valence electrons. The fourth-order valence-corrected chi connectivity index (χ4v) is 1.95. The van der Waals surface area contributed by atoms with Crippen LogP contribution in [0.5, 0.6) is 0 Å². The lowest BCUT2D eigenvalue weighted by Gasteiger charge is -2.19. The maximum absolute atomic E-state index is 11.4. The molecule has 0 rings (SSSR count). The fraction of sp³-hybridized carbons (Fsp3) is 0.750. The number of hydrogen-bond acceptors (Lipinski definition) is 4. The van der Waals surface area contributed by atoms with Gasteiger partial charge in [0.1, 0.15) is 5.78 Å². The number of aliphatic hydroxyl groups is 1. The van der Waals surface area contributed by atoms with E-state index in [0.717, 1.165) is 6.26 Å². The van der Waals surface area contributed by atoms with Gasteiger partial charge in [-0.15, -0.1) is 0 Å². The normalized spacial score (nSPS) is 18.6. The van der Waals surface area contributed by atoms with Crippen LogP contribution in [0.4, 0.5) is 0 Å². The number of aliphatic hydroxyl groups excluding tert-OH is 1. The molecule has 0 unspecified atom stereocenters. The van der Waals surface area contributed by atoms with E-state index in [1.807, 2.05) is 0 Å². The van der Waals surface area contributed by atoms with E-state index >= 15 is 0 Å². The van der Waals surface area contributed by atoms with E-state index in [1.54, 1.807) is 27.7 Å². The largest absolute Gasteiger partial charge is 0.388 e. The first kappa shape index (κ1) is 16.3. The van der Waals surface area contributed by atoms with Crippen LogP contribution in [0.15, 0.2) is 11.6 Å². The summed E-state index contributed by atoms with van der Waals surface area (Å²) in [5.41, 5.74) is 0.525. The van der Waals surface area contributed by atoms with E-state index in [1.165, 1.54) is 6.08 Å². The molecular formula is C12H22O4S. The zero-order chi connectivity index (χ0) is 13.8. The molecule has 0 heterocycles. The molecule has 1 N–H and O–H groups in total. The molecule has 17 heavy (non-hydrogen) atoms. The number of rotatable bonds is 6. The maximum Gasteiger partial charge on any atom is 0.153 e. The molecule has 0 aromatic rings. The van der Waals surface area contributed by atoms with E-state index in [0.29, 0.717) is 12.0 Å². The van der Waals surface area contributed by atoms with Gasteiger partial charge in [0.15, 0.2) is 9.84 Å². The molecule has 0 saturated carbocycles. The lowest BCUT2D eigenvalue weighted by molar-refractivity contribution is -0.124. The Bertz CT molecular complexity index is 395. The Balaban J connectivity index is 4.88. The highest BCUT2D eigenvalue weighted by Gasteiger charge is 2.23. The second kappa shape index (κ2) is 6.31. The Hall–Kier alpha value is -0.680. The molecule has 0 aliphatic heterocycles. The lowest BCUT2D eigenvalue weighted by atomic mass is 9.93. The van der Waals surface area contributed by atoms with Gasteiger partial charge >= 0.3 is 0 Å². The lowest BCUT2D eigenvalue weighted by Crippen LogP contribution is -2.27. The number of carbonyl (C=O) groups is 1. The molecule has 3 atom stereocenters. The monoisotopic (exact) mass is 262 g/mol. The smallest absolute Gasteiger partial charge is 0.153 e. The second-order valence-corrected chi connectivity index (χ2v) is 6.90. The summed E-state index contributed by atoms with van der Waals surface area (Å²) in [5, 5.41) is 9.27. The van der Waals surface area contributed by atoms with E-state index in [2.05, 4.69) is 0 Å². The van der Waals surface area contributed by atoms with Crippen LogP contribution in [-0.4, -0.2) is 36.9 Å². The summed E-state index contributed by atoms with van der Waals surface area (Å²) in [4.78, 5) is 11.4. The van der Waals surface area contributed by atoms with Gasteiger partial charge in [0, 0.05) is 18.6 Å². The Morgan fingerprint density at radius 2 is 1.82 bits per heavy atom. The van der Waals surface area contributed by atoms with Crippen molar-refractivity contribution in [3.8, 4) is 0 Å². The van der Waals surface area contributed by atoms with Crippen molar-refractivity contribution in [2.75, 3.05) is 6.26 Å². The molecule has 0 aromatic heterocycles. The van der Waals surface area contributed by atoms with Crippen molar-refractivity contribution in [2.24, 2.45) is 5.92 Å². The molecule has 0 amide bonds. The number of Topliss-reactive ketones (excluding diaryl/α,β-unsaturated/α-hetero) is 1. The van der Waals surface area contributed by atoms with Gasteiger partial charge in [-0.25, -0.2) is 8.42 Å². The van der Waals surface area contributed by atoms with Crippen LogP contribution in [0, 0.1) is 5.92 Å². The molecule has 0 aliphatic rings. The van der Waals surface area contributed by atoms with Gasteiger partial charge in [0.25, 0.3) is 0 Å². The van der Waals surface area contributed by atoms with Crippen molar-refractivity contribution in [1.29, 1.82) is 0 Å². The van der Waals surface area contributed by atoms with Crippen molar-refractivity contribution < 1.29 is 18.3 Å². The van der Waals surface area contributed by atoms with Gasteiger partial charge in [-0.05, 0) is 19.4 Å². The predicted octanol–water partition coefficient (Wildman–Crippen LogP) is 1.34. The summed E-state index contributed by atoms with van der Waals surface area (Å²) in [7, 11) is -3.16. The Kier molecular flexibility index (Phi) is 6.05. The van der Waals surface area contributed by atoms with Crippen molar-refractivity contribution in [2.45, 2.75) is 45.5 Å². The minimum atomic E-state index is -3.16. The van der Waals surface area contributed by atoms with Gasteiger partial charge in [0.2, 0.25) is 0 Å². The highest BCUT2D eigenvalue weighted by Crippen LogP contribution is 2.16. The first-order valence-electron chi connectivity index (χ1n) is 5.69. The first-order chi connectivity index (χ1) is 7.61. The highest BCUT2D eigenvalue weighted by atomic mass is 32.2. The van der Waals surface area contributed by atoms with Crippen molar-refractivity contribution >= 4 is 15.6 Å². The number of sulfone groups is 1. The minimum Gasteiger partial charge on any atom is -0.388 e. The van der Waals surface area contributed by atoms with Crippen LogP contribution in [0.3, 0.4) is 0 Å². The standard InChI is InChI=1S/C12H22O4S/c1-6-11(13)10(4)12(14)8(2)7-9(3)17(5,15)16/h7,9-10,12,14H,6H2,1-5H3/b8-7-/t9-,10-,12-/m0/s1. The Labute approximate surface area is 104 Å². The second-order valence-electron chi connectivity index (χ2n) is 4.50. The van der Waals surface area contributed by atoms with E-state index in [4.69, 9.17) is 0 Å². The molecule has 0 fully saturated rings. The average molecular weight is 262 g/mol. The van der Waals surface area contributed by atoms with E-state index in [9.17, 15) is 18.3 Å². The van der Waals surface area contributed by atoms with Crippen molar-refractivity contribution in [3.63, 3.8) is 0 Å². The number of ketones is 1. The molecular weight excluding hydrogens is 240 g/mol. The van der Waals surface area contributed by atoms with Gasteiger partial charge in [0.05, 0.1) is 11.4 Å². The zero-order valence-electron chi connectivity index (χ0n) is 11.1. The van der Waals surface area contributed by atoms with Crippen LogP contribution in [0.2, 0.25) is 0 Å². The predicted molar refractivity (Wildman–Crippen MR) is 68.5 cm³/mol. The van der Waals surface area contributed by atoms with E-state index < -0.39 is 27.1 Å². The molecule has 0 spiro atoms. The molecule has 0 bridgehead atoms. The molecule has 0 aliphatic carbocycles. The molecule has 0 radical (unpaired) electrons. The average Bonchev–Trinajstić information content (AvgIpc) is 2.24. The Morgan fingerprint density at radius 3 is 2.18 bits per heavy atom. The topological polar surface area (TPSA) is 71.4 Å².